The number of hydrogen-bond donors (Lipinski definition) is 0. The summed E-state index contributed by atoms with van der Waals surface area (Å²) in [5.74, 6) is 0.566. The van der Waals surface area contributed by atoms with Crippen LogP contribution in [0, 0.1) is 5.92 Å². The fourth-order valence-corrected chi connectivity index (χ4v) is 1.17. The van der Waals surface area contributed by atoms with E-state index in [9.17, 15) is 4.79 Å². The van der Waals surface area contributed by atoms with Crippen LogP contribution in [0.2, 0.25) is 5.04 Å². The second-order valence-corrected chi connectivity index (χ2v) is 5.97. The molecule has 0 unspecified atom stereocenters. The Kier molecular flexibility index (Phi) is 4.07. The zero-order valence-corrected chi connectivity index (χ0v) is 8.96. The van der Waals surface area contributed by atoms with Crippen molar-refractivity contribution in [3.05, 3.63) is 0 Å². The SMILES string of the molecule is CC(C)C(C)(C)[SiH2]ON=C=O. The second-order valence-electron chi connectivity index (χ2n) is 3.60. The van der Waals surface area contributed by atoms with Crippen LogP contribution in [0.15, 0.2) is 5.16 Å². The van der Waals surface area contributed by atoms with Crippen LogP contribution in [0.1, 0.15) is 27.7 Å². The van der Waals surface area contributed by atoms with Crippen LogP contribution in [-0.4, -0.2) is 15.8 Å². The van der Waals surface area contributed by atoms with E-state index in [-0.39, 0.29) is 5.04 Å². The van der Waals surface area contributed by atoms with E-state index in [0.29, 0.717) is 5.92 Å². The number of nitrogens with zero attached hydrogens (tertiary/aromatic N) is 1. The second kappa shape index (κ2) is 4.31. The molecule has 0 aromatic carbocycles. The maximum atomic E-state index is 9.67. The Hall–Kier alpha value is -0.603. The fraction of sp³-hybridized carbons (Fsp3) is 0.857. The van der Waals surface area contributed by atoms with Gasteiger partial charge in [-0.1, -0.05) is 27.7 Å². The minimum Gasteiger partial charge on any atom is -0.453 e. The molecule has 64 valence electrons. The van der Waals surface area contributed by atoms with Crippen LogP contribution in [0.4, 0.5) is 0 Å². The lowest BCUT2D eigenvalue weighted by Gasteiger charge is -2.25. The highest BCUT2D eigenvalue weighted by Gasteiger charge is 2.24. The first-order valence-corrected chi connectivity index (χ1v) is 4.98. The van der Waals surface area contributed by atoms with Crippen molar-refractivity contribution >= 4 is 15.8 Å². The Morgan fingerprint density at radius 1 is 1.55 bits per heavy atom. The molecule has 0 N–H and O–H groups in total. The van der Waals surface area contributed by atoms with Gasteiger partial charge in [-0.3, -0.25) is 0 Å². The molecule has 0 aliphatic heterocycles. The van der Waals surface area contributed by atoms with E-state index in [1.165, 1.54) is 6.08 Å². The van der Waals surface area contributed by atoms with Crippen molar-refractivity contribution in [3.63, 3.8) is 0 Å². The van der Waals surface area contributed by atoms with Crippen molar-refractivity contribution in [1.29, 1.82) is 0 Å². The van der Waals surface area contributed by atoms with Crippen LogP contribution < -0.4 is 0 Å². The van der Waals surface area contributed by atoms with Gasteiger partial charge in [0.05, 0.1) is 0 Å². The summed E-state index contributed by atoms with van der Waals surface area (Å²) in [4.78, 5) is 9.67. The van der Waals surface area contributed by atoms with Gasteiger partial charge in [0, 0.05) is 0 Å². The van der Waals surface area contributed by atoms with Gasteiger partial charge < -0.3 is 4.53 Å². The van der Waals surface area contributed by atoms with Crippen molar-refractivity contribution in [2.75, 3.05) is 0 Å². The van der Waals surface area contributed by atoms with Crippen LogP contribution >= 0.6 is 0 Å². The zero-order valence-electron chi connectivity index (χ0n) is 7.55. The highest BCUT2D eigenvalue weighted by molar-refractivity contribution is 6.32. The Bertz CT molecular complexity index is 162. The van der Waals surface area contributed by atoms with E-state index >= 15 is 0 Å². The third-order valence-corrected chi connectivity index (χ3v) is 3.92. The molecule has 0 rings (SSSR count). The highest BCUT2D eigenvalue weighted by Crippen LogP contribution is 2.32. The van der Waals surface area contributed by atoms with Crippen molar-refractivity contribution in [1.82, 2.24) is 0 Å². The minimum absolute atomic E-state index is 0.195. The van der Waals surface area contributed by atoms with Gasteiger partial charge in [0.25, 0.3) is 15.8 Å². The molecule has 0 heterocycles. The van der Waals surface area contributed by atoms with E-state index in [1.54, 1.807) is 0 Å². The molecule has 0 radical (unpaired) electrons. The summed E-state index contributed by atoms with van der Waals surface area (Å²) in [7, 11) is -0.748. The molecule has 11 heavy (non-hydrogen) atoms. The molecule has 0 aliphatic rings. The largest absolute Gasteiger partial charge is 0.453 e. The zero-order chi connectivity index (χ0) is 8.91. The van der Waals surface area contributed by atoms with E-state index in [2.05, 4.69) is 32.9 Å². The summed E-state index contributed by atoms with van der Waals surface area (Å²) in [5, 5.41) is 3.29. The first-order valence-electron chi connectivity index (χ1n) is 3.70. The molecule has 0 aromatic heterocycles. The van der Waals surface area contributed by atoms with E-state index in [0.717, 1.165) is 0 Å². The smallest absolute Gasteiger partial charge is 0.275 e. The summed E-state index contributed by atoms with van der Waals surface area (Å²) in [6.07, 6.45) is 1.37. The van der Waals surface area contributed by atoms with Gasteiger partial charge in [0.2, 0.25) is 0 Å². The molecule has 4 heteroatoms. The monoisotopic (exact) mass is 173 g/mol. The molecular formula is C7H15NO2Si. The number of carbonyl (C=O) groups excluding carboxylic acids is 1. The molecule has 0 aromatic rings. The summed E-state index contributed by atoms with van der Waals surface area (Å²) in [6.45, 7) is 8.54. The number of isocyanates is 1. The lowest BCUT2D eigenvalue weighted by Crippen LogP contribution is -2.20. The fourth-order valence-electron chi connectivity index (χ4n) is 0.392. The molecule has 0 atom stereocenters. The highest BCUT2D eigenvalue weighted by atomic mass is 28.2. The van der Waals surface area contributed by atoms with E-state index in [4.69, 9.17) is 4.53 Å². The quantitative estimate of drug-likeness (QED) is 0.277. The molecule has 0 aliphatic carbocycles. The Morgan fingerprint density at radius 2 is 2.09 bits per heavy atom. The minimum atomic E-state index is -0.748. The topological polar surface area (TPSA) is 38.7 Å². The van der Waals surface area contributed by atoms with Gasteiger partial charge in [-0.05, 0) is 16.1 Å². The normalized spacial score (nSPS) is 12.1. The Morgan fingerprint density at radius 3 is 2.45 bits per heavy atom. The molecule has 0 saturated carbocycles. The van der Waals surface area contributed by atoms with Crippen molar-refractivity contribution in [2.45, 2.75) is 32.7 Å². The Balaban J connectivity index is 3.81. The predicted molar refractivity (Wildman–Crippen MR) is 46.6 cm³/mol. The van der Waals surface area contributed by atoms with Crippen LogP contribution in [-0.2, 0) is 9.32 Å². The number of hydrogen-bond acceptors (Lipinski definition) is 3. The third kappa shape index (κ3) is 3.96. The average Bonchev–Trinajstić information content (AvgIpc) is 1.88. The van der Waals surface area contributed by atoms with Gasteiger partial charge in [-0.2, -0.15) is 0 Å². The number of rotatable bonds is 4. The van der Waals surface area contributed by atoms with E-state index in [1.807, 2.05) is 0 Å². The van der Waals surface area contributed by atoms with Gasteiger partial charge >= 0.3 is 0 Å². The van der Waals surface area contributed by atoms with E-state index < -0.39 is 9.76 Å². The lowest BCUT2D eigenvalue weighted by molar-refractivity contribution is 0.316. The maximum absolute atomic E-state index is 9.67. The lowest BCUT2D eigenvalue weighted by atomic mass is 9.99. The van der Waals surface area contributed by atoms with Crippen LogP contribution in [0.5, 0.6) is 0 Å². The van der Waals surface area contributed by atoms with Crippen molar-refractivity contribution in [2.24, 2.45) is 11.1 Å². The molecule has 0 bridgehead atoms. The summed E-state index contributed by atoms with van der Waals surface area (Å²) >= 11 is 0. The van der Waals surface area contributed by atoms with Gasteiger partial charge in [-0.25, -0.2) is 4.79 Å². The predicted octanol–water partition coefficient (Wildman–Crippen LogP) is 1.19. The Labute approximate surface area is 69.8 Å². The molecule has 0 spiro atoms. The molecule has 3 nitrogen and oxygen atoms in total. The average molecular weight is 173 g/mol. The first kappa shape index (κ1) is 10.4. The molecule has 0 fully saturated rings. The molecule has 0 saturated heterocycles. The van der Waals surface area contributed by atoms with Crippen molar-refractivity contribution in [3.8, 4) is 0 Å². The molecular weight excluding hydrogens is 158 g/mol. The summed E-state index contributed by atoms with van der Waals surface area (Å²) in [5.41, 5.74) is 0. The van der Waals surface area contributed by atoms with Crippen molar-refractivity contribution < 1.29 is 9.32 Å². The first-order chi connectivity index (χ1) is 5.00. The van der Waals surface area contributed by atoms with Crippen LogP contribution in [0.3, 0.4) is 0 Å². The van der Waals surface area contributed by atoms with Gasteiger partial charge in [0.1, 0.15) is 0 Å². The summed E-state index contributed by atoms with van der Waals surface area (Å²) in [6, 6.07) is 0. The third-order valence-electron chi connectivity index (χ3n) is 2.10. The maximum Gasteiger partial charge on any atom is 0.275 e. The summed E-state index contributed by atoms with van der Waals surface area (Å²) < 4.78 is 4.85. The standard InChI is InChI=1S/C7H15NO2Si/c1-6(2)7(3,4)11-10-8-5-9/h6H,11H2,1-4H3. The van der Waals surface area contributed by atoms with Gasteiger partial charge in [-0.15, -0.1) is 0 Å². The van der Waals surface area contributed by atoms with Gasteiger partial charge in [0.15, 0.2) is 0 Å². The molecule has 0 amide bonds. The van der Waals surface area contributed by atoms with Crippen LogP contribution in [0.25, 0.3) is 0 Å².